The monoisotopic (exact) mass is 399 g/mol. The second-order valence-electron chi connectivity index (χ2n) is 8.14. The van der Waals surface area contributed by atoms with E-state index < -0.39 is 24.5 Å². The van der Waals surface area contributed by atoms with Crippen molar-refractivity contribution < 1.29 is 29.0 Å². The Morgan fingerprint density at radius 1 is 1.24 bits per heavy atom. The number of rotatable bonds is 5. The van der Waals surface area contributed by atoms with E-state index in [1.54, 1.807) is 31.2 Å². The number of carbonyl (C=O) groups excluding carboxylic acids is 2. The van der Waals surface area contributed by atoms with E-state index >= 15 is 0 Å². The second kappa shape index (κ2) is 7.73. The number of hydrogen-bond donors (Lipinski definition) is 2. The molecule has 1 aliphatic carbocycles. The van der Waals surface area contributed by atoms with Gasteiger partial charge in [0, 0.05) is 29.0 Å². The lowest BCUT2D eigenvalue weighted by Gasteiger charge is -2.39. The molecule has 0 fully saturated rings. The van der Waals surface area contributed by atoms with Crippen molar-refractivity contribution in [2.24, 2.45) is 5.41 Å². The number of ether oxygens (including phenoxy) is 2. The number of nitrogens with one attached hydrogen (secondary N) is 1. The molecule has 29 heavy (non-hydrogen) atoms. The Labute approximate surface area is 169 Å². The molecular formula is C22H25NO6. The average molecular weight is 399 g/mol. The van der Waals surface area contributed by atoms with Crippen LogP contribution in [0.4, 0.5) is 0 Å². The number of ketones is 1. The smallest absolute Gasteiger partial charge is 0.341 e. The van der Waals surface area contributed by atoms with E-state index in [-0.39, 0.29) is 11.2 Å². The molecule has 2 aliphatic rings. The molecule has 1 aliphatic heterocycles. The van der Waals surface area contributed by atoms with E-state index in [0.717, 1.165) is 5.70 Å². The van der Waals surface area contributed by atoms with Crippen LogP contribution in [0.3, 0.4) is 0 Å². The summed E-state index contributed by atoms with van der Waals surface area (Å²) in [7, 11) is 1.29. The van der Waals surface area contributed by atoms with Crippen molar-refractivity contribution in [1.82, 2.24) is 5.32 Å². The zero-order chi connectivity index (χ0) is 21.3. The van der Waals surface area contributed by atoms with Crippen molar-refractivity contribution in [2.75, 3.05) is 13.7 Å². The Morgan fingerprint density at radius 2 is 1.93 bits per heavy atom. The van der Waals surface area contributed by atoms with E-state index in [1.165, 1.54) is 7.11 Å². The molecule has 1 aromatic rings. The third-order valence-electron chi connectivity index (χ3n) is 5.23. The van der Waals surface area contributed by atoms with E-state index in [9.17, 15) is 14.4 Å². The normalized spacial score (nSPS) is 20.7. The molecule has 0 saturated carbocycles. The van der Waals surface area contributed by atoms with Crippen molar-refractivity contribution in [2.45, 2.75) is 39.5 Å². The van der Waals surface area contributed by atoms with E-state index in [2.05, 4.69) is 5.32 Å². The minimum atomic E-state index is -1.11. The van der Waals surface area contributed by atoms with Crippen LogP contribution in [0.15, 0.2) is 46.8 Å². The number of methoxy groups -OCH3 is 1. The number of carboxylic acids is 1. The summed E-state index contributed by atoms with van der Waals surface area (Å²) in [6.45, 7) is 5.31. The van der Waals surface area contributed by atoms with E-state index in [0.29, 0.717) is 41.0 Å². The lowest BCUT2D eigenvalue weighted by molar-refractivity contribution is -0.139. The Morgan fingerprint density at radius 3 is 2.59 bits per heavy atom. The maximum Gasteiger partial charge on any atom is 0.341 e. The molecule has 2 N–H and O–H groups in total. The minimum Gasteiger partial charge on any atom is -0.482 e. The van der Waals surface area contributed by atoms with Gasteiger partial charge in [0.25, 0.3) is 0 Å². The standard InChI is InChI=1S/C22H25NO6/c1-12-18(21(27)28-4)19(13-7-5-6-8-16(13)29-11-17(25)26)20-14(23-12)9-22(2,3)10-15(20)24/h5-8,19,23H,9-11H2,1-4H3,(H,25,26). The Balaban J connectivity index is 2.19. The molecule has 1 unspecified atom stereocenters. The van der Waals surface area contributed by atoms with Crippen molar-refractivity contribution in [3.05, 3.63) is 52.4 Å². The number of dihydropyridines is 1. The first-order valence-electron chi connectivity index (χ1n) is 9.40. The second-order valence-corrected chi connectivity index (χ2v) is 8.14. The molecule has 7 nitrogen and oxygen atoms in total. The summed E-state index contributed by atoms with van der Waals surface area (Å²) < 4.78 is 10.5. The third-order valence-corrected chi connectivity index (χ3v) is 5.23. The molecule has 0 amide bonds. The molecule has 1 atom stereocenters. The summed E-state index contributed by atoms with van der Waals surface area (Å²) in [4.78, 5) is 36.8. The van der Waals surface area contributed by atoms with Gasteiger partial charge in [0.05, 0.1) is 18.6 Å². The largest absolute Gasteiger partial charge is 0.482 e. The van der Waals surface area contributed by atoms with Gasteiger partial charge in [0.15, 0.2) is 12.4 Å². The predicted molar refractivity (Wildman–Crippen MR) is 105 cm³/mol. The first-order valence-corrected chi connectivity index (χ1v) is 9.40. The van der Waals surface area contributed by atoms with Crippen molar-refractivity contribution >= 4 is 17.7 Å². The zero-order valence-electron chi connectivity index (χ0n) is 17.0. The van der Waals surface area contributed by atoms with Gasteiger partial charge in [0.2, 0.25) is 0 Å². The van der Waals surface area contributed by atoms with Crippen molar-refractivity contribution in [1.29, 1.82) is 0 Å². The summed E-state index contributed by atoms with van der Waals surface area (Å²) in [5, 5.41) is 12.2. The molecule has 0 saturated heterocycles. The van der Waals surface area contributed by atoms with Crippen molar-refractivity contribution in [3.8, 4) is 5.75 Å². The van der Waals surface area contributed by atoms with Crippen LogP contribution in [0.5, 0.6) is 5.75 Å². The number of benzene rings is 1. The Bertz CT molecular complexity index is 940. The fraction of sp³-hybridized carbons (Fsp3) is 0.409. The van der Waals surface area contributed by atoms with Crippen LogP contribution in [-0.2, 0) is 19.1 Å². The summed E-state index contributed by atoms with van der Waals surface area (Å²) in [5.74, 6) is -2.07. The molecule has 0 bridgehead atoms. The number of Topliss-reactive ketones (excluding diaryl/α,β-unsaturated/α-hetero) is 1. The van der Waals surface area contributed by atoms with Gasteiger partial charge in [0.1, 0.15) is 5.75 Å². The summed E-state index contributed by atoms with van der Waals surface area (Å²) in [5.41, 5.74) is 2.60. The molecule has 0 spiro atoms. The fourth-order valence-corrected chi connectivity index (χ4v) is 4.12. The Hall–Kier alpha value is -3.09. The van der Waals surface area contributed by atoms with Gasteiger partial charge in [-0.05, 0) is 24.8 Å². The van der Waals surface area contributed by atoms with Crippen LogP contribution in [-0.4, -0.2) is 36.5 Å². The number of carboxylic acid groups (broad SMARTS) is 1. The van der Waals surface area contributed by atoms with Gasteiger partial charge in [-0.15, -0.1) is 0 Å². The number of hydrogen-bond acceptors (Lipinski definition) is 6. The lowest BCUT2D eigenvalue weighted by atomic mass is 9.68. The van der Waals surface area contributed by atoms with Crippen LogP contribution in [0.1, 0.15) is 45.1 Å². The van der Waals surface area contributed by atoms with Gasteiger partial charge in [-0.3, -0.25) is 4.79 Å². The molecule has 0 radical (unpaired) electrons. The molecule has 3 rings (SSSR count). The molecule has 154 valence electrons. The summed E-state index contributed by atoms with van der Waals surface area (Å²) in [6.07, 6.45) is 1.02. The van der Waals surface area contributed by atoms with E-state index in [1.807, 2.05) is 13.8 Å². The van der Waals surface area contributed by atoms with Crippen LogP contribution >= 0.6 is 0 Å². The molecular weight excluding hydrogens is 374 g/mol. The number of carbonyl (C=O) groups is 3. The first kappa shape index (κ1) is 20.6. The minimum absolute atomic E-state index is 0.0457. The average Bonchev–Trinajstić information content (AvgIpc) is 2.63. The van der Waals surface area contributed by atoms with Crippen LogP contribution in [0.2, 0.25) is 0 Å². The van der Waals surface area contributed by atoms with Gasteiger partial charge >= 0.3 is 11.9 Å². The van der Waals surface area contributed by atoms with E-state index in [4.69, 9.17) is 14.6 Å². The highest BCUT2D eigenvalue weighted by molar-refractivity contribution is 6.04. The lowest BCUT2D eigenvalue weighted by Crippen LogP contribution is -2.38. The maximum absolute atomic E-state index is 13.2. The molecule has 0 aromatic heterocycles. The van der Waals surface area contributed by atoms with Crippen molar-refractivity contribution in [3.63, 3.8) is 0 Å². The zero-order valence-corrected chi connectivity index (χ0v) is 17.0. The highest BCUT2D eigenvalue weighted by atomic mass is 16.5. The topological polar surface area (TPSA) is 102 Å². The molecule has 1 aromatic carbocycles. The van der Waals surface area contributed by atoms with Crippen LogP contribution < -0.4 is 10.1 Å². The van der Waals surface area contributed by atoms with Gasteiger partial charge < -0.3 is 19.9 Å². The first-order chi connectivity index (χ1) is 13.6. The third kappa shape index (κ3) is 4.04. The van der Waals surface area contributed by atoms with Gasteiger partial charge in [-0.2, -0.15) is 0 Å². The van der Waals surface area contributed by atoms with Crippen LogP contribution in [0, 0.1) is 5.41 Å². The maximum atomic E-state index is 13.2. The summed E-state index contributed by atoms with van der Waals surface area (Å²) >= 11 is 0. The predicted octanol–water partition coefficient (Wildman–Crippen LogP) is 2.93. The number of aliphatic carboxylic acids is 1. The quantitative estimate of drug-likeness (QED) is 0.734. The molecule has 7 heteroatoms. The SMILES string of the molecule is COC(=O)C1=C(C)NC2=C(C(=O)CC(C)(C)C2)C1c1ccccc1OCC(=O)O. The number of para-hydroxylation sites is 1. The Kier molecular flexibility index (Phi) is 5.50. The van der Waals surface area contributed by atoms with Gasteiger partial charge in [-0.25, -0.2) is 9.59 Å². The fourth-order valence-electron chi connectivity index (χ4n) is 4.12. The van der Waals surface area contributed by atoms with Crippen LogP contribution in [0.25, 0.3) is 0 Å². The highest BCUT2D eigenvalue weighted by Gasteiger charge is 2.43. The number of esters is 1. The summed E-state index contributed by atoms with van der Waals surface area (Å²) in [6, 6.07) is 6.88. The molecule has 1 heterocycles. The number of allylic oxidation sites excluding steroid dienone is 3. The van der Waals surface area contributed by atoms with Gasteiger partial charge in [-0.1, -0.05) is 32.0 Å². The highest BCUT2D eigenvalue weighted by Crippen LogP contribution is 2.48.